The lowest BCUT2D eigenvalue weighted by Gasteiger charge is -2.14. The Balaban J connectivity index is 0.00000220. The molecule has 1 aromatic carbocycles. The van der Waals surface area contributed by atoms with Crippen LogP contribution in [0.25, 0.3) is 0 Å². The molecule has 3 N–H and O–H groups in total. The Morgan fingerprint density at radius 2 is 1.95 bits per heavy atom. The molecule has 1 aromatic rings. The minimum absolute atomic E-state index is 0. The van der Waals surface area contributed by atoms with Crippen molar-refractivity contribution < 1.29 is 9.90 Å². The second kappa shape index (κ2) is 9.03. The number of carbonyl (C=O) groups excluding carboxylic acids is 1. The molecule has 4 nitrogen and oxygen atoms in total. The number of benzene rings is 1. The molecule has 0 aromatic heterocycles. The summed E-state index contributed by atoms with van der Waals surface area (Å²) in [5.41, 5.74) is 2.51. The Bertz CT molecular complexity index is 436. The normalized spacial score (nSPS) is 20.9. The van der Waals surface area contributed by atoms with Crippen LogP contribution >= 0.6 is 12.4 Å². The molecule has 1 fully saturated rings. The zero-order valence-electron chi connectivity index (χ0n) is 12.5. The summed E-state index contributed by atoms with van der Waals surface area (Å²) >= 11 is 0. The van der Waals surface area contributed by atoms with Gasteiger partial charge in [-0.05, 0) is 24.0 Å². The van der Waals surface area contributed by atoms with Crippen molar-refractivity contribution in [2.24, 2.45) is 5.92 Å². The zero-order valence-corrected chi connectivity index (χ0v) is 13.3. The Morgan fingerprint density at radius 3 is 2.52 bits per heavy atom. The van der Waals surface area contributed by atoms with Gasteiger partial charge in [-0.15, -0.1) is 12.4 Å². The third kappa shape index (κ3) is 5.65. The van der Waals surface area contributed by atoms with Gasteiger partial charge in [0, 0.05) is 32.0 Å². The standard InChI is InChI=1S/C16H24N2O2.ClH/c1-2-12-3-5-13(6-4-12)7-8-16(20)18-10-14-9-17-11-15(14)19;/h3-6,14-15,17,19H,2,7-11H2,1H3,(H,18,20);1H. The van der Waals surface area contributed by atoms with Gasteiger partial charge >= 0.3 is 0 Å². The molecular weight excluding hydrogens is 288 g/mol. The molecule has 2 unspecified atom stereocenters. The fourth-order valence-corrected chi connectivity index (χ4v) is 2.46. The lowest BCUT2D eigenvalue weighted by Crippen LogP contribution is -2.34. The van der Waals surface area contributed by atoms with Crippen molar-refractivity contribution in [1.82, 2.24) is 10.6 Å². The van der Waals surface area contributed by atoms with Gasteiger partial charge in [0.1, 0.15) is 0 Å². The average molecular weight is 313 g/mol. The van der Waals surface area contributed by atoms with E-state index >= 15 is 0 Å². The van der Waals surface area contributed by atoms with Crippen molar-refractivity contribution in [1.29, 1.82) is 0 Å². The van der Waals surface area contributed by atoms with Gasteiger partial charge in [0.15, 0.2) is 0 Å². The Labute approximate surface area is 132 Å². The van der Waals surface area contributed by atoms with Gasteiger partial charge in [0.2, 0.25) is 5.91 Å². The quantitative estimate of drug-likeness (QED) is 0.742. The highest BCUT2D eigenvalue weighted by atomic mass is 35.5. The van der Waals surface area contributed by atoms with Crippen molar-refractivity contribution in [3.8, 4) is 0 Å². The van der Waals surface area contributed by atoms with E-state index in [1.807, 2.05) is 0 Å². The van der Waals surface area contributed by atoms with Crippen LogP contribution in [0.4, 0.5) is 0 Å². The van der Waals surface area contributed by atoms with Crippen molar-refractivity contribution in [2.45, 2.75) is 32.3 Å². The lowest BCUT2D eigenvalue weighted by atomic mass is 10.1. The molecule has 1 aliphatic heterocycles. The van der Waals surface area contributed by atoms with Crippen LogP contribution in [-0.2, 0) is 17.6 Å². The SMILES string of the molecule is CCc1ccc(CCC(=O)NCC2CNCC2O)cc1.Cl. The zero-order chi connectivity index (χ0) is 14.4. The van der Waals surface area contributed by atoms with Crippen molar-refractivity contribution in [3.05, 3.63) is 35.4 Å². The number of aliphatic hydroxyl groups excluding tert-OH is 1. The van der Waals surface area contributed by atoms with Gasteiger partial charge in [-0.25, -0.2) is 0 Å². The van der Waals surface area contributed by atoms with Crippen LogP contribution in [0.2, 0.25) is 0 Å². The van der Waals surface area contributed by atoms with E-state index in [9.17, 15) is 9.90 Å². The second-order valence-corrected chi connectivity index (χ2v) is 5.46. The predicted molar refractivity (Wildman–Crippen MR) is 86.8 cm³/mol. The van der Waals surface area contributed by atoms with Crippen LogP contribution in [0.15, 0.2) is 24.3 Å². The highest BCUT2D eigenvalue weighted by molar-refractivity contribution is 5.85. The fraction of sp³-hybridized carbons (Fsp3) is 0.562. The van der Waals surface area contributed by atoms with E-state index in [-0.39, 0.29) is 30.3 Å². The van der Waals surface area contributed by atoms with Gasteiger partial charge in [0.25, 0.3) is 0 Å². The molecular formula is C16H25ClN2O2. The van der Waals surface area contributed by atoms with Gasteiger partial charge in [-0.1, -0.05) is 31.2 Å². The molecule has 1 heterocycles. The lowest BCUT2D eigenvalue weighted by molar-refractivity contribution is -0.121. The van der Waals surface area contributed by atoms with E-state index in [0.717, 1.165) is 19.4 Å². The molecule has 2 rings (SSSR count). The van der Waals surface area contributed by atoms with E-state index in [2.05, 4.69) is 41.8 Å². The maximum Gasteiger partial charge on any atom is 0.220 e. The number of β-amino-alcohol motifs (C(OH)–C–C–N with tert-alkyl or cyclic N) is 1. The summed E-state index contributed by atoms with van der Waals surface area (Å²) < 4.78 is 0. The number of rotatable bonds is 6. The molecule has 0 radical (unpaired) electrons. The molecule has 5 heteroatoms. The Morgan fingerprint density at radius 1 is 1.29 bits per heavy atom. The smallest absolute Gasteiger partial charge is 0.220 e. The number of hydrogen-bond donors (Lipinski definition) is 3. The number of amides is 1. The summed E-state index contributed by atoms with van der Waals surface area (Å²) in [5, 5.41) is 15.7. The highest BCUT2D eigenvalue weighted by Crippen LogP contribution is 2.09. The minimum Gasteiger partial charge on any atom is -0.391 e. The van der Waals surface area contributed by atoms with Crippen LogP contribution in [-0.4, -0.2) is 36.8 Å². The third-order valence-electron chi connectivity index (χ3n) is 3.94. The number of halogens is 1. The summed E-state index contributed by atoms with van der Waals surface area (Å²) in [6.45, 7) is 4.10. The first kappa shape index (κ1) is 18.0. The summed E-state index contributed by atoms with van der Waals surface area (Å²) in [6, 6.07) is 8.43. The van der Waals surface area contributed by atoms with Crippen LogP contribution in [0.5, 0.6) is 0 Å². The van der Waals surface area contributed by atoms with E-state index in [1.165, 1.54) is 11.1 Å². The second-order valence-electron chi connectivity index (χ2n) is 5.46. The fourth-order valence-electron chi connectivity index (χ4n) is 2.46. The number of nitrogens with one attached hydrogen (secondary N) is 2. The van der Waals surface area contributed by atoms with Crippen LogP contribution in [0.3, 0.4) is 0 Å². The molecule has 0 aliphatic carbocycles. The van der Waals surface area contributed by atoms with Crippen molar-refractivity contribution in [2.75, 3.05) is 19.6 Å². The minimum atomic E-state index is -0.336. The van der Waals surface area contributed by atoms with E-state index < -0.39 is 0 Å². The number of carbonyl (C=O) groups is 1. The molecule has 0 saturated carbocycles. The number of hydrogen-bond acceptors (Lipinski definition) is 3. The van der Waals surface area contributed by atoms with Gasteiger partial charge in [0.05, 0.1) is 6.10 Å². The molecule has 0 spiro atoms. The number of aliphatic hydroxyl groups is 1. The molecule has 1 amide bonds. The largest absolute Gasteiger partial charge is 0.391 e. The first-order valence-electron chi connectivity index (χ1n) is 7.42. The molecule has 118 valence electrons. The molecule has 0 bridgehead atoms. The maximum atomic E-state index is 11.8. The van der Waals surface area contributed by atoms with E-state index in [0.29, 0.717) is 19.5 Å². The average Bonchev–Trinajstić information content (AvgIpc) is 2.89. The van der Waals surface area contributed by atoms with E-state index in [4.69, 9.17) is 0 Å². The first-order chi connectivity index (χ1) is 9.69. The Kier molecular flexibility index (Phi) is 7.72. The first-order valence-corrected chi connectivity index (χ1v) is 7.42. The topological polar surface area (TPSA) is 61.4 Å². The highest BCUT2D eigenvalue weighted by Gasteiger charge is 2.24. The molecule has 2 atom stereocenters. The predicted octanol–water partition coefficient (Wildman–Crippen LogP) is 1.30. The molecule has 21 heavy (non-hydrogen) atoms. The Hall–Kier alpha value is -1.10. The summed E-state index contributed by atoms with van der Waals surface area (Å²) in [4.78, 5) is 11.8. The molecule has 1 aliphatic rings. The maximum absolute atomic E-state index is 11.8. The van der Waals surface area contributed by atoms with Crippen LogP contribution in [0.1, 0.15) is 24.5 Å². The van der Waals surface area contributed by atoms with Crippen LogP contribution < -0.4 is 10.6 Å². The summed E-state index contributed by atoms with van der Waals surface area (Å²) in [6.07, 6.45) is 1.97. The van der Waals surface area contributed by atoms with Gasteiger partial charge in [-0.3, -0.25) is 4.79 Å². The number of aryl methyl sites for hydroxylation is 2. The molecule has 1 saturated heterocycles. The summed E-state index contributed by atoms with van der Waals surface area (Å²) in [5.74, 6) is 0.200. The van der Waals surface area contributed by atoms with Gasteiger partial charge < -0.3 is 15.7 Å². The van der Waals surface area contributed by atoms with E-state index in [1.54, 1.807) is 0 Å². The monoisotopic (exact) mass is 312 g/mol. The van der Waals surface area contributed by atoms with Crippen LogP contribution in [0, 0.1) is 5.92 Å². The van der Waals surface area contributed by atoms with Crippen molar-refractivity contribution in [3.63, 3.8) is 0 Å². The summed E-state index contributed by atoms with van der Waals surface area (Å²) in [7, 11) is 0. The van der Waals surface area contributed by atoms with Crippen molar-refractivity contribution >= 4 is 18.3 Å². The third-order valence-corrected chi connectivity index (χ3v) is 3.94. The van der Waals surface area contributed by atoms with Gasteiger partial charge in [-0.2, -0.15) is 0 Å².